The van der Waals surface area contributed by atoms with Gasteiger partial charge in [0.05, 0.1) is 5.69 Å². The molecule has 2 amide bonds. The largest absolute Gasteiger partial charge is 0.338 e. The van der Waals surface area contributed by atoms with Crippen molar-refractivity contribution in [3.63, 3.8) is 0 Å². The van der Waals surface area contributed by atoms with E-state index in [2.05, 4.69) is 47.7 Å². The molecule has 0 atom stereocenters. The van der Waals surface area contributed by atoms with Gasteiger partial charge in [-0.25, -0.2) is 9.78 Å². The third-order valence-electron chi connectivity index (χ3n) is 5.06. The summed E-state index contributed by atoms with van der Waals surface area (Å²) in [7, 11) is 0. The van der Waals surface area contributed by atoms with E-state index in [1.54, 1.807) is 0 Å². The van der Waals surface area contributed by atoms with Crippen LogP contribution in [0.25, 0.3) is 0 Å². The van der Waals surface area contributed by atoms with E-state index in [1.807, 2.05) is 6.92 Å². The number of urea groups is 1. The number of fused-ring (bicyclic) bond motifs is 1. The molecule has 2 N–H and O–H groups in total. The van der Waals surface area contributed by atoms with Crippen LogP contribution in [0, 0.1) is 9.62 Å². The summed E-state index contributed by atoms with van der Waals surface area (Å²) >= 11 is 2.30. The highest BCUT2D eigenvalue weighted by Crippen LogP contribution is 2.27. The van der Waals surface area contributed by atoms with E-state index in [0.29, 0.717) is 12.5 Å². The SMILES string of the molecule is CCNC(=O)Nc1nc(I)c2n1CCCN(CC1CCCCC1)C2. The fraction of sp³-hybridized carbons (Fsp3) is 0.765. The zero-order valence-corrected chi connectivity index (χ0v) is 16.6. The van der Waals surface area contributed by atoms with Crippen molar-refractivity contribution in [2.45, 2.75) is 58.5 Å². The normalized spacial score (nSPS) is 19.6. The summed E-state index contributed by atoms with van der Waals surface area (Å²) in [6, 6.07) is -0.176. The van der Waals surface area contributed by atoms with E-state index < -0.39 is 0 Å². The lowest BCUT2D eigenvalue weighted by Crippen LogP contribution is -2.30. The average molecular weight is 445 g/mol. The summed E-state index contributed by atoms with van der Waals surface area (Å²) in [6.45, 7) is 6.74. The second-order valence-corrected chi connectivity index (χ2v) is 7.92. The molecule has 1 aromatic rings. The maximum atomic E-state index is 11.8. The van der Waals surface area contributed by atoms with Gasteiger partial charge in [0.15, 0.2) is 0 Å². The molecule has 134 valence electrons. The molecule has 1 aliphatic heterocycles. The molecule has 1 saturated carbocycles. The Morgan fingerprint density at radius 2 is 2.04 bits per heavy atom. The Kier molecular flexibility index (Phi) is 6.37. The predicted molar refractivity (Wildman–Crippen MR) is 104 cm³/mol. The standard InChI is InChI=1S/C17H28IN5O/c1-2-19-17(24)21-16-20-15(18)14-12-22(9-6-10-23(14)16)11-13-7-4-3-5-8-13/h13H,2-12H2,1H3,(H2,19,20,21,24). The quantitative estimate of drug-likeness (QED) is 0.699. The molecule has 7 heteroatoms. The van der Waals surface area contributed by atoms with Crippen LogP contribution in [0.4, 0.5) is 10.7 Å². The van der Waals surface area contributed by atoms with Crippen molar-refractivity contribution in [3.8, 4) is 0 Å². The van der Waals surface area contributed by atoms with Crippen molar-refractivity contribution in [1.29, 1.82) is 0 Å². The molecule has 0 bridgehead atoms. The molecular weight excluding hydrogens is 417 g/mol. The van der Waals surface area contributed by atoms with Crippen LogP contribution in [-0.2, 0) is 13.1 Å². The van der Waals surface area contributed by atoms with Crippen molar-refractivity contribution >= 4 is 34.6 Å². The van der Waals surface area contributed by atoms with Crippen LogP contribution in [0.15, 0.2) is 0 Å². The van der Waals surface area contributed by atoms with Crippen LogP contribution < -0.4 is 10.6 Å². The highest BCUT2D eigenvalue weighted by atomic mass is 127. The van der Waals surface area contributed by atoms with Crippen LogP contribution in [0.1, 0.15) is 51.1 Å². The highest BCUT2D eigenvalue weighted by Gasteiger charge is 2.24. The smallest absolute Gasteiger partial charge is 0.321 e. The molecule has 0 aromatic carbocycles. The van der Waals surface area contributed by atoms with Crippen LogP contribution >= 0.6 is 22.6 Å². The van der Waals surface area contributed by atoms with Crippen molar-refractivity contribution in [3.05, 3.63) is 9.39 Å². The molecule has 0 unspecified atom stereocenters. The van der Waals surface area contributed by atoms with Crippen molar-refractivity contribution in [1.82, 2.24) is 19.8 Å². The second-order valence-electron chi connectivity index (χ2n) is 6.90. The van der Waals surface area contributed by atoms with Gasteiger partial charge in [0, 0.05) is 32.7 Å². The number of carbonyl (C=O) groups is 1. The van der Waals surface area contributed by atoms with E-state index in [9.17, 15) is 4.79 Å². The molecule has 3 rings (SSSR count). The maximum Gasteiger partial charge on any atom is 0.321 e. The molecule has 0 saturated heterocycles. The van der Waals surface area contributed by atoms with Crippen LogP contribution in [0.3, 0.4) is 0 Å². The summed E-state index contributed by atoms with van der Waals surface area (Å²) in [6.07, 6.45) is 8.09. The number of hydrogen-bond donors (Lipinski definition) is 2. The van der Waals surface area contributed by atoms with Gasteiger partial charge in [-0.2, -0.15) is 0 Å². The van der Waals surface area contributed by atoms with Gasteiger partial charge in [0.25, 0.3) is 0 Å². The molecule has 0 spiro atoms. The summed E-state index contributed by atoms with van der Waals surface area (Å²) < 4.78 is 3.20. The number of carbonyl (C=O) groups excluding carboxylic acids is 1. The number of halogens is 1. The van der Waals surface area contributed by atoms with Gasteiger partial charge < -0.3 is 9.88 Å². The topological polar surface area (TPSA) is 62.2 Å². The van der Waals surface area contributed by atoms with Gasteiger partial charge >= 0.3 is 6.03 Å². The van der Waals surface area contributed by atoms with Gasteiger partial charge in [-0.15, -0.1) is 0 Å². The first-order valence-electron chi connectivity index (χ1n) is 9.19. The molecular formula is C17H28IN5O. The van der Waals surface area contributed by atoms with Crippen molar-refractivity contribution < 1.29 is 4.79 Å². The molecule has 2 aliphatic rings. The fourth-order valence-corrected chi connectivity index (χ4v) is 4.57. The number of anilines is 1. The third-order valence-corrected chi connectivity index (χ3v) is 5.92. The van der Waals surface area contributed by atoms with Gasteiger partial charge in [0.2, 0.25) is 5.95 Å². The summed E-state index contributed by atoms with van der Waals surface area (Å²) in [5.74, 6) is 1.54. The highest BCUT2D eigenvalue weighted by molar-refractivity contribution is 14.1. The molecule has 24 heavy (non-hydrogen) atoms. The Morgan fingerprint density at radius 3 is 2.79 bits per heavy atom. The maximum absolute atomic E-state index is 11.8. The monoisotopic (exact) mass is 445 g/mol. The minimum absolute atomic E-state index is 0.176. The molecule has 1 aliphatic carbocycles. The van der Waals surface area contributed by atoms with Crippen molar-refractivity contribution in [2.75, 3.05) is 25.0 Å². The first kappa shape index (κ1) is 18.0. The molecule has 1 aromatic heterocycles. The van der Waals surface area contributed by atoms with Gasteiger partial charge in [0.1, 0.15) is 3.70 Å². The minimum Gasteiger partial charge on any atom is -0.338 e. The number of aromatic nitrogens is 2. The lowest BCUT2D eigenvalue weighted by atomic mass is 9.89. The van der Waals surface area contributed by atoms with Crippen LogP contribution in [0.5, 0.6) is 0 Å². The number of nitrogens with zero attached hydrogens (tertiary/aromatic N) is 3. The first-order valence-corrected chi connectivity index (χ1v) is 10.3. The number of hydrogen-bond acceptors (Lipinski definition) is 3. The van der Waals surface area contributed by atoms with Crippen LogP contribution in [-0.4, -0.2) is 40.1 Å². The zero-order valence-electron chi connectivity index (χ0n) is 14.5. The Hall–Kier alpha value is -0.830. The first-order chi connectivity index (χ1) is 11.7. The second kappa shape index (κ2) is 8.51. The Labute approximate surface area is 157 Å². The lowest BCUT2D eigenvalue weighted by Gasteiger charge is -2.28. The molecule has 0 radical (unpaired) electrons. The Balaban J connectivity index is 1.68. The summed E-state index contributed by atoms with van der Waals surface area (Å²) in [5, 5.41) is 5.67. The molecule has 6 nitrogen and oxygen atoms in total. The third kappa shape index (κ3) is 4.41. The predicted octanol–water partition coefficient (Wildman–Crippen LogP) is 3.42. The number of rotatable bonds is 4. The van der Waals surface area contributed by atoms with Crippen molar-refractivity contribution in [2.24, 2.45) is 5.92 Å². The number of amides is 2. The van der Waals surface area contributed by atoms with Gasteiger partial charge in [-0.3, -0.25) is 10.2 Å². The fourth-order valence-electron chi connectivity index (χ4n) is 3.88. The summed E-state index contributed by atoms with van der Waals surface area (Å²) in [5.41, 5.74) is 1.25. The van der Waals surface area contributed by atoms with E-state index >= 15 is 0 Å². The van der Waals surface area contributed by atoms with E-state index in [0.717, 1.165) is 35.7 Å². The van der Waals surface area contributed by atoms with E-state index in [-0.39, 0.29) is 6.03 Å². The number of nitrogens with one attached hydrogen (secondary N) is 2. The molecule has 1 fully saturated rings. The van der Waals surface area contributed by atoms with E-state index in [1.165, 1.54) is 44.3 Å². The minimum atomic E-state index is -0.176. The molecule has 2 heterocycles. The Bertz CT molecular complexity index is 568. The lowest BCUT2D eigenvalue weighted by molar-refractivity contribution is 0.196. The average Bonchev–Trinajstić information content (AvgIpc) is 2.74. The number of imidazole rings is 1. The zero-order chi connectivity index (χ0) is 16.9. The van der Waals surface area contributed by atoms with E-state index in [4.69, 9.17) is 0 Å². The van der Waals surface area contributed by atoms with Gasteiger partial charge in [-0.05, 0) is 54.7 Å². The van der Waals surface area contributed by atoms with Crippen LogP contribution in [0.2, 0.25) is 0 Å². The Morgan fingerprint density at radius 1 is 1.25 bits per heavy atom. The van der Waals surface area contributed by atoms with Gasteiger partial charge in [-0.1, -0.05) is 19.3 Å². The summed E-state index contributed by atoms with van der Waals surface area (Å²) in [4.78, 5) is 19.0.